The Morgan fingerprint density at radius 3 is 2.90 bits per heavy atom. The van der Waals surface area contributed by atoms with E-state index in [0.717, 1.165) is 24.0 Å². The third-order valence-corrected chi connectivity index (χ3v) is 4.13. The molecule has 1 aromatic carbocycles. The summed E-state index contributed by atoms with van der Waals surface area (Å²) in [5.41, 5.74) is 1.45. The molecule has 0 N–H and O–H groups in total. The molecule has 108 valence electrons. The second-order valence-electron chi connectivity index (χ2n) is 5.26. The number of thioether (sulfide) groups is 1. The molecule has 1 aliphatic heterocycles. The predicted molar refractivity (Wildman–Crippen MR) is 83.8 cm³/mol. The van der Waals surface area contributed by atoms with Crippen LogP contribution in [0, 0.1) is 23.0 Å². The quantitative estimate of drug-likeness (QED) is 0.628. The van der Waals surface area contributed by atoms with Gasteiger partial charge >= 0.3 is 0 Å². The Labute approximate surface area is 123 Å². The largest absolute Gasteiger partial charge is 0.350 e. The summed E-state index contributed by atoms with van der Waals surface area (Å²) in [6.07, 6.45) is 0. The fourth-order valence-corrected chi connectivity index (χ4v) is 3.19. The van der Waals surface area contributed by atoms with E-state index in [-0.39, 0.29) is 10.6 Å². The lowest BCUT2D eigenvalue weighted by atomic mass is 10.1. The minimum absolute atomic E-state index is 0.130. The van der Waals surface area contributed by atoms with Gasteiger partial charge < -0.3 is 4.90 Å². The lowest BCUT2D eigenvalue weighted by Gasteiger charge is -2.20. The zero-order valence-corrected chi connectivity index (χ0v) is 12.8. The van der Waals surface area contributed by atoms with Gasteiger partial charge in [-0.3, -0.25) is 10.1 Å². The number of hydrogen-bond acceptors (Lipinski definition) is 4. The molecule has 0 aromatic heterocycles. The Balaban J connectivity index is 2.30. The van der Waals surface area contributed by atoms with Crippen molar-refractivity contribution in [1.82, 2.24) is 4.90 Å². The topological polar surface area (TPSA) is 58.7 Å². The molecule has 1 saturated heterocycles. The lowest BCUT2D eigenvalue weighted by Crippen LogP contribution is -2.28. The van der Waals surface area contributed by atoms with Gasteiger partial charge in [-0.2, -0.15) is 0 Å². The molecule has 20 heavy (non-hydrogen) atoms. The van der Waals surface area contributed by atoms with Crippen LogP contribution in [0.2, 0.25) is 0 Å². The summed E-state index contributed by atoms with van der Waals surface area (Å²) in [6.45, 7) is 8.08. The van der Waals surface area contributed by atoms with E-state index in [2.05, 4.69) is 23.7 Å². The number of nitro groups is 1. The number of benzene rings is 1. The van der Waals surface area contributed by atoms with E-state index in [1.54, 1.807) is 24.8 Å². The summed E-state index contributed by atoms with van der Waals surface area (Å²) < 4.78 is 0. The maximum atomic E-state index is 11.0. The number of hydrogen-bond donors (Lipinski definition) is 0. The standard InChI is InChI=1S/C14H19N3O2S/c1-10(2)9-16-7-8-20-14(16)15-12-5-4-6-13(11(12)3)17(18)19/h4-6,10H,7-9H2,1-3H3. The van der Waals surface area contributed by atoms with Crippen LogP contribution in [0.5, 0.6) is 0 Å². The molecule has 0 radical (unpaired) electrons. The highest BCUT2D eigenvalue weighted by Gasteiger charge is 2.21. The molecular weight excluding hydrogens is 274 g/mol. The van der Waals surface area contributed by atoms with Crippen LogP contribution in [0.15, 0.2) is 23.2 Å². The molecule has 0 bridgehead atoms. The molecule has 0 amide bonds. The smallest absolute Gasteiger partial charge is 0.274 e. The van der Waals surface area contributed by atoms with Gasteiger partial charge in [0.2, 0.25) is 0 Å². The van der Waals surface area contributed by atoms with Crippen molar-refractivity contribution in [2.45, 2.75) is 20.8 Å². The first-order valence-corrected chi connectivity index (χ1v) is 7.68. The summed E-state index contributed by atoms with van der Waals surface area (Å²) in [4.78, 5) is 17.5. The molecule has 0 saturated carbocycles. The van der Waals surface area contributed by atoms with E-state index in [1.165, 1.54) is 6.07 Å². The average molecular weight is 293 g/mol. The van der Waals surface area contributed by atoms with Crippen LogP contribution in [0.3, 0.4) is 0 Å². The van der Waals surface area contributed by atoms with Crippen molar-refractivity contribution in [3.8, 4) is 0 Å². The molecule has 1 fully saturated rings. The first kappa shape index (κ1) is 14.8. The van der Waals surface area contributed by atoms with Crippen molar-refractivity contribution in [2.75, 3.05) is 18.8 Å². The molecule has 1 heterocycles. The third kappa shape index (κ3) is 3.30. The van der Waals surface area contributed by atoms with Crippen molar-refractivity contribution in [3.63, 3.8) is 0 Å². The predicted octanol–water partition coefficient (Wildman–Crippen LogP) is 3.60. The highest BCUT2D eigenvalue weighted by Crippen LogP contribution is 2.30. The molecule has 0 atom stereocenters. The lowest BCUT2D eigenvalue weighted by molar-refractivity contribution is -0.385. The summed E-state index contributed by atoms with van der Waals surface area (Å²) in [5.74, 6) is 1.60. The van der Waals surface area contributed by atoms with Crippen LogP contribution in [0.1, 0.15) is 19.4 Å². The van der Waals surface area contributed by atoms with Gasteiger partial charge in [-0.15, -0.1) is 0 Å². The van der Waals surface area contributed by atoms with Gasteiger partial charge in [0.25, 0.3) is 5.69 Å². The Morgan fingerprint density at radius 1 is 1.50 bits per heavy atom. The van der Waals surface area contributed by atoms with Crippen LogP contribution >= 0.6 is 11.8 Å². The normalized spacial score (nSPS) is 17.2. The summed E-state index contributed by atoms with van der Waals surface area (Å²) >= 11 is 1.72. The maximum absolute atomic E-state index is 11.0. The van der Waals surface area contributed by atoms with E-state index >= 15 is 0 Å². The first-order valence-electron chi connectivity index (χ1n) is 6.69. The SMILES string of the molecule is Cc1c(N=C2SCCN2CC(C)C)cccc1[N+](=O)[O-]. The van der Waals surface area contributed by atoms with Crippen LogP contribution in [-0.2, 0) is 0 Å². The van der Waals surface area contributed by atoms with Gasteiger partial charge in [0.1, 0.15) is 0 Å². The fraction of sp³-hybridized carbons (Fsp3) is 0.500. The van der Waals surface area contributed by atoms with Crippen molar-refractivity contribution < 1.29 is 4.92 Å². The Morgan fingerprint density at radius 2 is 2.25 bits per heavy atom. The number of aliphatic imine (C=N–C) groups is 1. The van der Waals surface area contributed by atoms with Gasteiger partial charge in [0.15, 0.2) is 5.17 Å². The van der Waals surface area contributed by atoms with Crippen LogP contribution in [-0.4, -0.2) is 33.8 Å². The second-order valence-corrected chi connectivity index (χ2v) is 6.32. The van der Waals surface area contributed by atoms with Crippen molar-refractivity contribution in [3.05, 3.63) is 33.9 Å². The van der Waals surface area contributed by atoms with Crippen LogP contribution in [0.4, 0.5) is 11.4 Å². The average Bonchev–Trinajstić information content (AvgIpc) is 2.78. The molecule has 1 aromatic rings. The Bertz CT molecular complexity index is 543. The van der Waals surface area contributed by atoms with Crippen molar-refractivity contribution >= 4 is 28.3 Å². The molecule has 0 spiro atoms. The first-order chi connectivity index (χ1) is 9.49. The molecular formula is C14H19N3O2S. The second kappa shape index (κ2) is 6.26. The van der Waals surface area contributed by atoms with Gasteiger partial charge in [-0.05, 0) is 18.9 Å². The van der Waals surface area contributed by atoms with Crippen LogP contribution < -0.4 is 0 Å². The van der Waals surface area contributed by atoms with E-state index in [9.17, 15) is 10.1 Å². The minimum atomic E-state index is -0.354. The summed E-state index contributed by atoms with van der Waals surface area (Å²) in [5, 5.41) is 11.9. The number of nitrogens with zero attached hydrogens (tertiary/aromatic N) is 3. The van der Waals surface area contributed by atoms with E-state index in [0.29, 0.717) is 17.2 Å². The van der Waals surface area contributed by atoms with E-state index in [1.807, 2.05) is 6.07 Å². The number of amidine groups is 1. The Hall–Kier alpha value is -1.56. The van der Waals surface area contributed by atoms with E-state index in [4.69, 9.17) is 0 Å². The van der Waals surface area contributed by atoms with E-state index < -0.39 is 0 Å². The van der Waals surface area contributed by atoms with Crippen molar-refractivity contribution in [1.29, 1.82) is 0 Å². The Kier molecular flexibility index (Phi) is 4.65. The molecule has 2 rings (SSSR count). The third-order valence-electron chi connectivity index (χ3n) is 3.14. The number of rotatable bonds is 4. The molecule has 0 aliphatic carbocycles. The van der Waals surface area contributed by atoms with Gasteiger partial charge in [0.05, 0.1) is 16.2 Å². The highest BCUT2D eigenvalue weighted by atomic mass is 32.2. The number of nitro benzene ring substituents is 1. The summed E-state index contributed by atoms with van der Waals surface area (Å²) in [6, 6.07) is 5.05. The minimum Gasteiger partial charge on any atom is -0.350 e. The maximum Gasteiger partial charge on any atom is 0.274 e. The molecule has 0 unspecified atom stereocenters. The fourth-order valence-electron chi connectivity index (χ4n) is 2.18. The van der Waals surface area contributed by atoms with Gasteiger partial charge in [0, 0.05) is 24.9 Å². The van der Waals surface area contributed by atoms with Crippen molar-refractivity contribution in [2.24, 2.45) is 10.9 Å². The summed E-state index contributed by atoms with van der Waals surface area (Å²) in [7, 11) is 0. The molecule has 1 aliphatic rings. The molecule has 5 nitrogen and oxygen atoms in total. The monoisotopic (exact) mass is 293 g/mol. The van der Waals surface area contributed by atoms with Crippen LogP contribution in [0.25, 0.3) is 0 Å². The zero-order chi connectivity index (χ0) is 14.7. The van der Waals surface area contributed by atoms with Gasteiger partial charge in [-0.1, -0.05) is 31.7 Å². The highest BCUT2D eigenvalue weighted by molar-refractivity contribution is 8.14. The molecule has 6 heteroatoms. The van der Waals surface area contributed by atoms with Gasteiger partial charge in [-0.25, -0.2) is 4.99 Å². The zero-order valence-electron chi connectivity index (χ0n) is 12.0.